The van der Waals surface area contributed by atoms with Crippen LogP contribution in [0.3, 0.4) is 0 Å². The van der Waals surface area contributed by atoms with Gasteiger partial charge in [0.15, 0.2) is 0 Å². The lowest BCUT2D eigenvalue weighted by atomic mass is 10.3. The van der Waals surface area contributed by atoms with Crippen molar-refractivity contribution in [1.82, 2.24) is 15.2 Å². The van der Waals surface area contributed by atoms with Crippen LogP contribution in [0, 0.1) is 5.92 Å². The molecule has 0 bridgehead atoms. The molecule has 0 spiro atoms. The van der Waals surface area contributed by atoms with Crippen molar-refractivity contribution in [1.29, 1.82) is 0 Å². The van der Waals surface area contributed by atoms with Crippen LogP contribution in [0.15, 0.2) is 5.38 Å². The first-order chi connectivity index (χ1) is 9.35. The first kappa shape index (κ1) is 13.5. The molecule has 0 atom stereocenters. The molecule has 2 fully saturated rings. The fourth-order valence-electron chi connectivity index (χ4n) is 2.50. The summed E-state index contributed by atoms with van der Waals surface area (Å²) in [4.78, 5) is 7.45. The summed E-state index contributed by atoms with van der Waals surface area (Å²) < 4.78 is 0. The Bertz CT molecular complexity index is 396. The average molecular weight is 279 g/mol. The van der Waals surface area contributed by atoms with E-state index in [2.05, 4.69) is 22.5 Å². The van der Waals surface area contributed by atoms with Gasteiger partial charge >= 0.3 is 0 Å². The molecule has 0 saturated heterocycles. The summed E-state index contributed by atoms with van der Waals surface area (Å²) in [6, 6.07) is 0.865. The van der Waals surface area contributed by atoms with Crippen LogP contribution in [-0.4, -0.2) is 29.0 Å². The first-order valence-electron chi connectivity index (χ1n) is 7.73. The lowest BCUT2D eigenvalue weighted by molar-refractivity contribution is 0.241. The highest BCUT2D eigenvalue weighted by molar-refractivity contribution is 7.09. The average Bonchev–Trinajstić information content (AvgIpc) is 3.30. The molecule has 0 radical (unpaired) electrons. The molecule has 106 valence electrons. The van der Waals surface area contributed by atoms with Crippen molar-refractivity contribution in [2.24, 2.45) is 5.92 Å². The molecule has 4 heteroatoms. The Labute approximate surface area is 120 Å². The van der Waals surface area contributed by atoms with Crippen LogP contribution in [-0.2, 0) is 13.1 Å². The molecule has 1 N–H and O–H groups in total. The van der Waals surface area contributed by atoms with Crippen LogP contribution in [0.5, 0.6) is 0 Å². The Morgan fingerprint density at radius 1 is 1.37 bits per heavy atom. The molecule has 2 saturated carbocycles. The predicted molar refractivity (Wildman–Crippen MR) is 80.3 cm³/mol. The zero-order valence-corrected chi connectivity index (χ0v) is 12.7. The molecule has 0 amide bonds. The minimum Gasteiger partial charge on any atom is -0.310 e. The maximum Gasteiger partial charge on any atom is 0.107 e. The minimum atomic E-state index is 0.865. The molecule has 3 rings (SSSR count). The highest BCUT2D eigenvalue weighted by atomic mass is 32.1. The van der Waals surface area contributed by atoms with Crippen molar-refractivity contribution >= 4 is 11.3 Å². The third-order valence-electron chi connectivity index (χ3n) is 3.92. The maximum atomic E-state index is 4.77. The molecular formula is C15H25N3S. The van der Waals surface area contributed by atoms with Crippen molar-refractivity contribution in [3.8, 4) is 0 Å². The monoisotopic (exact) mass is 279 g/mol. The van der Waals surface area contributed by atoms with Gasteiger partial charge in [-0.25, -0.2) is 4.98 Å². The molecule has 1 aromatic rings. The molecular weight excluding hydrogens is 254 g/mol. The Morgan fingerprint density at radius 2 is 2.21 bits per heavy atom. The summed E-state index contributed by atoms with van der Waals surface area (Å²) in [7, 11) is 0. The van der Waals surface area contributed by atoms with Gasteiger partial charge in [-0.2, -0.15) is 0 Å². The zero-order chi connectivity index (χ0) is 13.1. The van der Waals surface area contributed by atoms with Crippen LogP contribution < -0.4 is 5.32 Å². The fourth-order valence-corrected chi connectivity index (χ4v) is 3.25. The summed E-state index contributed by atoms with van der Waals surface area (Å²) in [6.07, 6.45) is 6.90. The number of thiazole rings is 1. The van der Waals surface area contributed by atoms with E-state index >= 15 is 0 Å². The minimum absolute atomic E-state index is 0.865. The van der Waals surface area contributed by atoms with E-state index in [0.29, 0.717) is 0 Å². The van der Waals surface area contributed by atoms with Gasteiger partial charge in [0.2, 0.25) is 0 Å². The van der Waals surface area contributed by atoms with E-state index in [9.17, 15) is 0 Å². The molecule has 3 nitrogen and oxygen atoms in total. The molecule has 2 aliphatic rings. The molecule has 1 aromatic heterocycles. The van der Waals surface area contributed by atoms with Gasteiger partial charge in [0.25, 0.3) is 0 Å². The second kappa shape index (κ2) is 6.33. The Hall–Kier alpha value is -0.450. The summed E-state index contributed by atoms with van der Waals surface area (Å²) in [6.45, 7) is 6.61. The smallest absolute Gasteiger partial charge is 0.107 e. The van der Waals surface area contributed by atoms with Gasteiger partial charge in [-0.3, -0.25) is 4.90 Å². The normalized spacial score (nSPS) is 19.3. The first-order valence-corrected chi connectivity index (χ1v) is 8.61. The lowest BCUT2D eigenvalue weighted by Gasteiger charge is -2.20. The third kappa shape index (κ3) is 4.26. The number of hydrogen-bond donors (Lipinski definition) is 1. The zero-order valence-electron chi connectivity index (χ0n) is 11.9. The fraction of sp³-hybridized carbons (Fsp3) is 0.800. The van der Waals surface area contributed by atoms with Crippen molar-refractivity contribution < 1.29 is 0 Å². The van der Waals surface area contributed by atoms with Crippen LogP contribution >= 0.6 is 11.3 Å². The van der Waals surface area contributed by atoms with E-state index in [1.165, 1.54) is 49.4 Å². The molecule has 2 aliphatic carbocycles. The molecule has 19 heavy (non-hydrogen) atoms. The number of aromatic nitrogens is 1. The number of hydrogen-bond acceptors (Lipinski definition) is 4. The summed E-state index contributed by atoms with van der Waals surface area (Å²) in [5.41, 5.74) is 1.28. The lowest BCUT2D eigenvalue weighted by Crippen LogP contribution is -2.28. The number of nitrogens with zero attached hydrogens (tertiary/aromatic N) is 2. The van der Waals surface area contributed by atoms with Gasteiger partial charge in [0, 0.05) is 31.1 Å². The second-order valence-corrected chi connectivity index (χ2v) is 6.96. The Balaban J connectivity index is 1.49. The van der Waals surface area contributed by atoms with Crippen LogP contribution in [0.2, 0.25) is 0 Å². The summed E-state index contributed by atoms with van der Waals surface area (Å²) in [5.74, 6) is 0.991. The van der Waals surface area contributed by atoms with E-state index in [1.807, 2.05) is 11.3 Å². The SMILES string of the molecule is CCCNCc1nc(CN(CC2CC2)C2CC2)cs1. The van der Waals surface area contributed by atoms with Crippen molar-refractivity contribution in [3.05, 3.63) is 16.1 Å². The van der Waals surface area contributed by atoms with Gasteiger partial charge in [0.05, 0.1) is 5.69 Å². The van der Waals surface area contributed by atoms with E-state index < -0.39 is 0 Å². The molecule has 0 aliphatic heterocycles. The van der Waals surface area contributed by atoms with Gasteiger partial charge in [0.1, 0.15) is 5.01 Å². The summed E-state index contributed by atoms with van der Waals surface area (Å²) >= 11 is 1.81. The van der Waals surface area contributed by atoms with Crippen LogP contribution in [0.25, 0.3) is 0 Å². The van der Waals surface area contributed by atoms with Crippen molar-refractivity contribution in [3.63, 3.8) is 0 Å². The molecule has 0 aromatic carbocycles. The number of rotatable bonds is 9. The molecule has 1 heterocycles. The highest BCUT2D eigenvalue weighted by Gasteiger charge is 2.33. The van der Waals surface area contributed by atoms with Crippen molar-refractivity contribution in [2.45, 2.75) is 58.2 Å². The largest absolute Gasteiger partial charge is 0.310 e. The van der Waals surface area contributed by atoms with E-state index in [-0.39, 0.29) is 0 Å². The highest BCUT2D eigenvalue weighted by Crippen LogP contribution is 2.35. The van der Waals surface area contributed by atoms with Gasteiger partial charge in [-0.1, -0.05) is 6.92 Å². The predicted octanol–water partition coefficient (Wildman–Crippen LogP) is 3.02. The molecule has 0 unspecified atom stereocenters. The third-order valence-corrected chi connectivity index (χ3v) is 4.82. The standard InChI is InChI=1S/C15H25N3S/c1-2-7-16-8-15-17-13(11-19-15)10-18(14-5-6-14)9-12-3-4-12/h11-12,14,16H,2-10H2,1H3. The number of nitrogens with one attached hydrogen (secondary N) is 1. The second-order valence-electron chi connectivity index (χ2n) is 6.01. The van der Waals surface area contributed by atoms with Gasteiger partial charge < -0.3 is 5.32 Å². The van der Waals surface area contributed by atoms with Gasteiger partial charge in [-0.15, -0.1) is 11.3 Å². The summed E-state index contributed by atoms with van der Waals surface area (Å²) in [5, 5.41) is 6.93. The quantitative estimate of drug-likeness (QED) is 0.704. The van der Waals surface area contributed by atoms with E-state index in [4.69, 9.17) is 4.98 Å². The van der Waals surface area contributed by atoms with Gasteiger partial charge in [-0.05, 0) is 44.6 Å². The van der Waals surface area contributed by atoms with E-state index in [1.54, 1.807) is 0 Å². The Kier molecular flexibility index (Phi) is 4.51. The Morgan fingerprint density at radius 3 is 2.89 bits per heavy atom. The van der Waals surface area contributed by atoms with Crippen LogP contribution in [0.1, 0.15) is 49.7 Å². The van der Waals surface area contributed by atoms with E-state index in [0.717, 1.165) is 31.6 Å². The van der Waals surface area contributed by atoms with Crippen molar-refractivity contribution in [2.75, 3.05) is 13.1 Å². The topological polar surface area (TPSA) is 28.2 Å². The van der Waals surface area contributed by atoms with Crippen LogP contribution in [0.4, 0.5) is 0 Å². The maximum absolute atomic E-state index is 4.77.